The number of aliphatic hydroxyl groups excluding tert-OH is 1. The standard InChI is InChI=1S/C21H30F2N4O5/c22-14-1-3-16(23)18(11-14)26-21(30)24-6-5-15-2-4-17(19(13-28)32-15)25-20(29)12-27-7-9-31-10-8-27/h1,3,11,15,17,19,28H,2,4-10,12-13H2,(H,25,29)(H2,24,26,30)/t15-,17+,19+/m1/s1. The fourth-order valence-electron chi connectivity index (χ4n) is 3.83. The van der Waals surface area contributed by atoms with Crippen LogP contribution in [0.15, 0.2) is 18.2 Å². The van der Waals surface area contributed by atoms with Gasteiger partial charge in [-0.25, -0.2) is 13.6 Å². The number of aliphatic hydroxyl groups is 1. The molecule has 2 aliphatic rings. The highest BCUT2D eigenvalue weighted by Gasteiger charge is 2.32. The van der Waals surface area contributed by atoms with Crippen molar-refractivity contribution in [2.24, 2.45) is 0 Å². The molecule has 4 N–H and O–H groups in total. The maximum atomic E-state index is 13.6. The number of carbonyl (C=O) groups excluding carboxylic acids is 2. The van der Waals surface area contributed by atoms with Crippen molar-refractivity contribution in [1.29, 1.82) is 0 Å². The van der Waals surface area contributed by atoms with Crippen LogP contribution in [0.3, 0.4) is 0 Å². The van der Waals surface area contributed by atoms with Crippen LogP contribution < -0.4 is 16.0 Å². The molecule has 178 valence electrons. The van der Waals surface area contributed by atoms with Gasteiger partial charge >= 0.3 is 6.03 Å². The Bertz CT molecular complexity index is 779. The molecule has 0 spiro atoms. The third-order valence-corrected chi connectivity index (χ3v) is 5.54. The highest BCUT2D eigenvalue weighted by atomic mass is 19.1. The van der Waals surface area contributed by atoms with E-state index in [4.69, 9.17) is 9.47 Å². The zero-order valence-electron chi connectivity index (χ0n) is 17.8. The molecule has 0 aliphatic carbocycles. The Morgan fingerprint density at radius 2 is 1.97 bits per heavy atom. The van der Waals surface area contributed by atoms with Crippen molar-refractivity contribution in [3.05, 3.63) is 29.8 Å². The Morgan fingerprint density at radius 1 is 1.19 bits per heavy atom. The van der Waals surface area contributed by atoms with Crippen molar-refractivity contribution in [3.8, 4) is 0 Å². The second kappa shape index (κ2) is 12.0. The summed E-state index contributed by atoms with van der Waals surface area (Å²) in [6.07, 6.45) is 1.04. The van der Waals surface area contributed by atoms with Crippen molar-refractivity contribution >= 4 is 17.6 Å². The zero-order valence-corrected chi connectivity index (χ0v) is 17.8. The molecule has 3 amide bonds. The second-order valence-corrected chi connectivity index (χ2v) is 7.91. The van der Waals surface area contributed by atoms with Gasteiger partial charge < -0.3 is 30.5 Å². The van der Waals surface area contributed by atoms with Crippen LogP contribution in [0.4, 0.5) is 19.3 Å². The summed E-state index contributed by atoms with van der Waals surface area (Å²) in [5.74, 6) is -1.50. The Hall–Kier alpha value is -2.34. The molecular weight excluding hydrogens is 426 g/mol. The van der Waals surface area contributed by atoms with Gasteiger partial charge in [0, 0.05) is 25.7 Å². The third kappa shape index (κ3) is 7.37. The second-order valence-electron chi connectivity index (χ2n) is 7.91. The molecule has 0 unspecified atom stereocenters. The molecule has 0 aromatic heterocycles. The first-order valence-electron chi connectivity index (χ1n) is 10.8. The average molecular weight is 456 g/mol. The smallest absolute Gasteiger partial charge is 0.319 e. The van der Waals surface area contributed by atoms with E-state index in [2.05, 4.69) is 16.0 Å². The number of halogens is 2. The molecule has 2 fully saturated rings. The van der Waals surface area contributed by atoms with Crippen LogP contribution in [0.1, 0.15) is 19.3 Å². The third-order valence-electron chi connectivity index (χ3n) is 5.54. The summed E-state index contributed by atoms with van der Waals surface area (Å²) in [6.45, 7) is 2.96. The van der Waals surface area contributed by atoms with Crippen molar-refractivity contribution in [2.75, 3.05) is 51.3 Å². The first-order valence-corrected chi connectivity index (χ1v) is 10.8. The first-order chi connectivity index (χ1) is 15.4. The highest BCUT2D eigenvalue weighted by Crippen LogP contribution is 2.22. The summed E-state index contributed by atoms with van der Waals surface area (Å²) in [5, 5.41) is 17.5. The fourth-order valence-corrected chi connectivity index (χ4v) is 3.83. The van der Waals surface area contributed by atoms with Crippen LogP contribution in [-0.2, 0) is 14.3 Å². The average Bonchev–Trinajstić information content (AvgIpc) is 2.78. The maximum Gasteiger partial charge on any atom is 0.319 e. The SMILES string of the molecule is O=C(CN1CCOCC1)N[C@H]1CC[C@H](CCNC(=O)Nc2cc(F)ccc2F)O[C@H]1CO. The molecule has 9 nitrogen and oxygen atoms in total. The lowest BCUT2D eigenvalue weighted by Gasteiger charge is -2.36. The number of anilines is 1. The quantitative estimate of drug-likeness (QED) is 0.461. The van der Waals surface area contributed by atoms with Gasteiger partial charge in [-0.15, -0.1) is 0 Å². The summed E-state index contributed by atoms with van der Waals surface area (Å²) in [6, 6.07) is 1.87. The van der Waals surface area contributed by atoms with E-state index in [0.29, 0.717) is 45.6 Å². The number of urea groups is 1. The lowest BCUT2D eigenvalue weighted by molar-refractivity contribution is -0.130. The number of hydrogen-bond acceptors (Lipinski definition) is 6. The Balaban J connectivity index is 1.37. The fraction of sp³-hybridized carbons (Fsp3) is 0.619. The van der Waals surface area contributed by atoms with Crippen LogP contribution >= 0.6 is 0 Å². The van der Waals surface area contributed by atoms with E-state index in [1.807, 2.05) is 4.90 Å². The van der Waals surface area contributed by atoms with Crippen LogP contribution in [0, 0.1) is 11.6 Å². The molecule has 0 bridgehead atoms. The number of amides is 3. The molecule has 2 aliphatic heterocycles. The minimum atomic E-state index is -0.732. The molecule has 3 atom stereocenters. The number of hydrogen-bond donors (Lipinski definition) is 4. The van der Waals surface area contributed by atoms with Gasteiger partial charge in [0.05, 0.1) is 44.2 Å². The predicted octanol–water partition coefficient (Wildman–Crippen LogP) is 0.833. The number of nitrogens with one attached hydrogen (secondary N) is 3. The lowest BCUT2D eigenvalue weighted by atomic mass is 9.97. The number of morpholine rings is 1. The zero-order chi connectivity index (χ0) is 22.9. The van der Waals surface area contributed by atoms with Gasteiger partial charge in [0.1, 0.15) is 17.7 Å². The van der Waals surface area contributed by atoms with Gasteiger partial charge in [-0.05, 0) is 31.4 Å². The monoisotopic (exact) mass is 456 g/mol. The molecule has 2 heterocycles. The summed E-state index contributed by atoms with van der Waals surface area (Å²) < 4.78 is 37.9. The van der Waals surface area contributed by atoms with E-state index >= 15 is 0 Å². The normalized spacial score (nSPS) is 24.0. The van der Waals surface area contributed by atoms with Crippen LogP contribution in [0.2, 0.25) is 0 Å². The van der Waals surface area contributed by atoms with E-state index in [9.17, 15) is 23.5 Å². The topological polar surface area (TPSA) is 112 Å². The maximum absolute atomic E-state index is 13.6. The van der Waals surface area contributed by atoms with Crippen LogP contribution in [0.25, 0.3) is 0 Å². The number of nitrogens with zero attached hydrogens (tertiary/aromatic N) is 1. The van der Waals surface area contributed by atoms with Gasteiger partial charge in [0.15, 0.2) is 0 Å². The van der Waals surface area contributed by atoms with E-state index in [1.165, 1.54) is 0 Å². The van der Waals surface area contributed by atoms with Crippen molar-refractivity contribution in [2.45, 2.75) is 37.5 Å². The van der Waals surface area contributed by atoms with Gasteiger partial charge in [-0.1, -0.05) is 0 Å². The van der Waals surface area contributed by atoms with Crippen molar-refractivity contribution in [3.63, 3.8) is 0 Å². The van der Waals surface area contributed by atoms with Gasteiger partial charge in [0.25, 0.3) is 0 Å². The van der Waals surface area contributed by atoms with E-state index in [0.717, 1.165) is 18.2 Å². The molecule has 11 heteroatoms. The summed E-state index contributed by atoms with van der Waals surface area (Å²) in [7, 11) is 0. The number of benzene rings is 1. The van der Waals surface area contributed by atoms with Gasteiger partial charge in [-0.3, -0.25) is 9.69 Å². The van der Waals surface area contributed by atoms with E-state index < -0.39 is 23.8 Å². The number of carbonyl (C=O) groups is 2. The summed E-state index contributed by atoms with van der Waals surface area (Å²) in [5.41, 5.74) is -0.243. The largest absolute Gasteiger partial charge is 0.394 e. The first kappa shape index (κ1) is 24.3. The Labute approximate surface area is 185 Å². The molecule has 0 saturated carbocycles. The van der Waals surface area contributed by atoms with Gasteiger partial charge in [0.2, 0.25) is 5.91 Å². The van der Waals surface area contributed by atoms with Crippen molar-refractivity contribution in [1.82, 2.24) is 15.5 Å². The molecule has 32 heavy (non-hydrogen) atoms. The summed E-state index contributed by atoms with van der Waals surface area (Å²) in [4.78, 5) is 26.3. The predicted molar refractivity (Wildman–Crippen MR) is 112 cm³/mol. The minimum absolute atomic E-state index is 0.111. The molecule has 0 radical (unpaired) electrons. The molecule has 1 aromatic rings. The van der Waals surface area contributed by atoms with Crippen molar-refractivity contribution < 1.29 is 33.0 Å². The molecule has 3 rings (SSSR count). The Morgan fingerprint density at radius 3 is 2.72 bits per heavy atom. The van der Waals surface area contributed by atoms with Crippen LogP contribution in [-0.4, -0.2) is 86.2 Å². The minimum Gasteiger partial charge on any atom is -0.394 e. The van der Waals surface area contributed by atoms with Gasteiger partial charge in [-0.2, -0.15) is 0 Å². The summed E-state index contributed by atoms with van der Waals surface area (Å²) >= 11 is 0. The van der Waals surface area contributed by atoms with E-state index in [1.54, 1.807) is 0 Å². The lowest BCUT2D eigenvalue weighted by Crippen LogP contribution is -2.53. The highest BCUT2D eigenvalue weighted by molar-refractivity contribution is 5.89. The number of rotatable bonds is 8. The Kier molecular flexibility index (Phi) is 9.15. The molecular formula is C21H30F2N4O5. The van der Waals surface area contributed by atoms with Crippen LogP contribution in [0.5, 0.6) is 0 Å². The molecule has 2 saturated heterocycles. The van der Waals surface area contributed by atoms with E-state index in [-0.39, 0.29) is 43.4 Å². The number of ether oxygens (including phenoxy) is 2. The molecule has 1 aromatic carbocycles.